The summed E-state index contributed by atoms with van der Waals surface area (Å²) in [5.41, 5.74) is 2.02. The van der Waals surface area contributed by atoms with E-state index >= 15 is 0 Å². The van der Waals surface area contributed by atoms with E-state index in [1.807, 2.05) is 6.92 Å². The van der Waals surface area contributed by atoms with Crippen molar-refractivity contribution in [2.75, 3.05) is 13.2 Å². The predicted molar refractivity (Wildman–Crippen MR) is 76.3 cm³/mol. The Bertz CT molecular complexity index is 385. The van der Waals surface area contributed by atoms with Gasteiger partial charge in [-0.2, -0.15) is 0 Å². The molecule has 0 saturated heterocycles. The summed E-state index contributed by atoms with van der Waals surface area (Å²) in [7, 11) is 0. The molecule has 18 heavy (non-hydrogen) atoms. The first-order valence-electron chi connectivity index (χ1n) is 6.94. The molecular weight excluding hydrogens is 222 g/mol. The van der Waals surface area contributed by atoms with Crippen molar-refractivity contribution < 1.29 is 4.74 Å². The van der Waals surface area contributed by atoms with Gasteiger partial charge < -0.3 is 10.1 Å². The van der Waals surface area contributed by atoms with Crippen LogP contribution in [-0.2, 0) is 5.41 Å². The third kappa shape index (κ3) is 3.26. The second-order valence-electron chi connectivity index (χ2n) is 6.34. The van der Waals surface area contributed by atoms with Crippen LogP contribution in [0.5, 0.6) is 5.75 Å². The highest BCUT2D eigenvalue weighted by Gasteiger charge is 2.44. The topological polar surface area (TPSA) is 21.3 Å². The number of nitrogens with one attached hydrogen (secondary N) is 1. The fourth-order valence-corrected chi connectivity index (χ4v) is 2.22. The van der Waals surface area contributed by atoms with E-state index < -0.39 is 0 Å². The Labute approximate surface area is 111 Å². The first-order chi connectivity index (χ1) is 8.45. The van der Waals surface area contributed by atoms with Crippen molar-refractivity contribution in [1.82, 2.24) is 5.32 Å². The minimum Gasteiger partial charge on any atom is -0.494 e. The maximum Gasteiger partial charge on any atom is 0.119 e. The molecule has 1 fully saturated rings. The summed E-state index contributed by atoms with van der Waals surface area (Å²) in [5, 5.41) is 3.63. The third-order valence-electron chi connectivity index (χ3n) is 3.59. The van der Waals surface area contributed by atoms with Crippen molar-refractivity contribution >= 4 is 0 Å². The Balaban J connectivity index is 2.02. The van der Waals surface area contributed by atoms with Gasteiger partial charge in [0.15, 0.2) is 0 Å². The van der Waals surface area contributed by atoms with Gasteiger partial charge in [-0.25, -0.2) is 0 Å². The molecule has 0 unspecified atom stereocenters. The smallest absolute Gasteiger partial charge is 0.119 e. The van der Waals surface area contributed by atoms with E-state index in [1.54, 1.807) is 0 Å². The van der Waals surface area contributed by atoms with Gasteiger partial charge in [0.05, 0.1) is 6.61 Å². The van der Waals surface area contributed by atoms with Crippen molar-refractivity contribution in [2.45, 2.75) is 51.5 Å². The van der Waals surface area contributed by atoms with Crippen molar-refractivity contribution in [3.8, 4) is 5.75 Å². The highest BCUT2D eigenvalue weighted by molar-refractivity contribution is 5.36. The fourth-order valence-electron chi connectivity index (χ4n) is 2.22. The standard InChI is InChI=1S/C16H25NO/c1-5-18-14-8-6-13(7-9-14)16(10-11-16)12-17-15(2,3)4/h6-9,17H,5,10-12H2,1-4H3. The molecule has 0 radical (unpaired) electrons. The van der Waals surface area contributed by atoms with E-state index in [9.17, 15) is 0 Å². The minimum atomic E-state index is 0.195. The molecule has 2 heteroatoms. The van der Waals surface area contributed by atoms with E-state index in [2.05, 4.69) is 50.4 Å². The Morgan fingerprint density at radius 1 is 1.17 bits per heavy atom. The Morgan fingerprint density at radius 2 is 1.78 bits per heavy atom. The summed E-state index contributed by atoms with van der Waals surface area (Å²) in [6.07, 6.45) is 2.59. The zero-order chi connectivity index (χ0) is 13.2. The molecule has 1 aliphatic carbocycles. The lowest BCUT2D eigenvalue weighted by molar-refractivity contribution is 0.340. The predicted octanol–water partition coefficient (Wildman–Crippen LogP) is 3.51. The molecule has 100 valence electrons. The third-order valence-corrected chi connectivity index (χ3v) is 3.59. The largest absolute Gasteiger partial charge is 0.494 e. The summed E-state index contributed by atoms with van der Waals surface area (Å²) in [6.45, 7) is 10.5. The Hall–Kier alpha value is -1.02. The summed E-state index contributed by atoms with van der Waals surface area (Å²) in [4.78, 5) is 0. The molecule has 0 aromatic heterocycles. The van der Waals surface area contributed by atoms with Gasteiger partial charge >= 0.3 is 0 Å². The summed E-state index contributed by atoms with van der Waals surface area (Å²) >= 11 is 0. The zero-order valence-corrected chi connectivity index (χ0v) is 12.0. The second-order valence-corrected chi connectivity index (χ2v) is 6.34. The van der Waals surface area contributed by atoms with Crippen molar-refractivity contribution in [1.29, 1.82) is 0 Å². The fraction of sp³-hybridized carbons (Fsp3) is 0.625. The average Bonchev–Trinajstić information content (AvgIpc) is 3.08. The first-order valence-corrected chi connectivity index (χ1v) is 6.94. The van der Waals surface area contributed by atoms with Gasteiger partial charge in [-0.15, -0.1) is 0 Å². The Morgan fingerprint density at radius 3 is 2.22 bits per heavy atom. The van der Waals surface area contributed by atoms with Crippen LogP contribution in [0.25, 0.3) is 0 Å². The number of ether oxygens (including phenoxy) is 1. The average molecular weight is 247 g/mol. The second kappa shape index (κ2) is 4.93. The van der Waals surface area contributed by atoms with Crippen LogP contribution in [0.3, 0.4) is 0 Å². The van der Waals surface area contributed by atoms with Gasteiger partial charge in [-0.3, -0.25) is 0 Å². The minimum absolute atomic E-state index is 0.195. The summed E-state index contributed by atoms with van der Waals surface area (Å²) in [6, 6.07) is 8.64. The molecule has 0 aliphatic heterocycles. The molecule has 0 bridgehead atoms. The first kappa shape index (κ1) is 13.4. The molecule has 0 amide bonds. The molecule has 0 atom stereocenters. The number of rotatable bonds is 5. The molecule has 1 aromatic carbocycles. The maximum atomic E-state index is 5.49. The van der Waals surface area contributed by atoms with Crippen LogP contribution in [0.2, 0.25) is 0 Å². The van der Waals surface area contributed by atoms with E-state index in [0.717, 1.165) is 18.9 Å². The Kier molecular flexibility index (Phi) is 3.67. The van der Waals surface area contributed by atoms with E-state index in [-0.39, 0.29) is 5.54 Å². The van der Waals surface area contributed by atoms with Gasteiger partial charge in [0, 0.05) is 17.5 Å². The number of hydrogen-bond donors (Lipinski definition) is 1. The normalized spacial score (nSPS) is 17.6. The lowest BCUT2D eigenvalue weighted by atomic mass is 9.94. The van der Waals surface area contributed by atoms with Crippen molar-refractivity contribution in [3.63, 3.8) is 0 Å². The summed E-state index contributed by atoms with van der Waals surface area (Å²) in [5.74, 6) is 0.973. The SMILES string of the molecule is CCOc1ccc(C2(CNC(C)(C)C)CC2)cc1. The van der Waals surface area contributed by atoms with Crippen LogP contribution in [0.15, 0.2) is 24.3 Å². The van der Waals surface area contributed by atoms with Crippen molar-refractivity contribution in [2.24, 2.45) is 0 Å². The summed E-state index contributed by atoms with van der Waals surface area (Å²) < 4.78 is 5.49. The van der Waals surface area contributed by atoms with Gasteiger partial charge in [-0.05, 0) is 58.2 Å². The van der Waals surface area contributed by atoms with Crippen LogP contribution in [-0.4, -0.2) is 18.7 Å². The van der Waals surface area contributed by atoms with Crippen LogP contribution in [0.1, 0.15) is 46.1 Å². The molecule has 0 spiro atoms. The molecule has 1 aliphatic rings. The van der Waals surface area contributed by atoms with Crippen LogP contribution in [0, 0.1) is 0 Å². The van der Waals surface area contributed by atoms with Crippen LogP contribution < -0.4 is 10.1 Å². The van der Waals surface area contributed by atoms with Gasteiger partial charge in [0.25, 0.3) is 0 Å². The zero-order valence-electron chi connectivity index (χ0n) is 12.0. The van der Waals surface area contributed by atoms with Gasteiger partial charge in [0.1, 0.15) is 5.75 Å². The number of benzene rings is 1. The van der Waals surface area contributed by atoms with Crippen molar-refractivity contribution in [3.05, 3.63) is 29.8 Å². The highest BCUT2D eigenvalue weighted by atomic mass is 16.5. The van der Waals surface area contributed by atoms with E-state index in [1.165, 1.54) is 18.4 Å². The van der Waals surface area contributed by atoms with Gasteiger partial charge in [0.2, 0.25) is 0 Å². The van der Waals surface area contributed by atoms with Gasteiger partial charge in [-0.1, -0.05) is 12.1 Å². The van der Waals surface area contributed by atoms with E-state index in [0.29, 0.717) is 5.41 Å². The maximum absolute atomic E-state index is 5.49. The lowest BCUT2D eigenvalue weighted by Gasteiger charge is -2.25. The molecule has 1 saturated carbocycles. The lowest BCUT2D eigenvalue weighted by Crippen LogP contribution is -2.40. The molecule has 1 aromatic rings. The monoisotopic (exact) mass is 247 g/mol. The van der Waals surface area contributed by atoms with Crippen LogP contribution in [0.4, 0.5) is 0 Å². The molecule has 2 nitrogen and oxygen atoms in total. The quantitative estimate of drug-likeness (QED) is 0.859. The molecule has 1 N–H and O–H groups in total. The molecular formula is C16H25NO. The highest BCUT2D eigenvalue weighted by Crippen LogP contribution is 2.48. The molecule has 0 heterocycles. The molecule has 2 rings (SSSR count). The number of hydrogen-bond acceptors (Lipinski definition) is 2. The van der Waals surface area contributed by atoms with Crippen LogP contribution >= 0.6 is 0 Å². The van der Waals surface area contributed by atoms with E-state index in [4.69, 9.17) is 4.74 Å².